The molecule has 0 saturated heterocycles. The van der Waals surface area contributed by atoms with E-state index in [0.717, 1.165) is 13.0 Å². The highest BCUT2D eigenvalue weighted by Crippen LogP contribution is 2.17. The second kappa shape index (κ2) is 6.36. The Labute approximate surface area is 120 Å². The maximum absolute atomic E-state index is 3.63. The quantitative estimate of drug-likeness (QED) is 0.851. The molecule has 0 aliphatic carbocycles. The standard InChI is InChI=1S/C17H23NS/c1-12-5-6-13(2)16(9-12)11-18-14(3)10-17-8-7-15(4)19-17/h5-9,14,18H,10-11H2,1-4H3. The van der Waals surface area contributed by atoms with Gasteiger partial charge in [0.2, 0.25) is 0 Å². The number of benzene rings is 1. The number of hydrogen-bond acceptors (Lipinski definition) is 2. The first-order valence-electron chi connectivity index (χ1n) is 6.89. The summed E-state index contributed by atoms with van der Waals surface area (Å²) in [5.74, 6) is 0. The topological polar surface area (TPSA) is 12.0 Å². The Balaban J connectivity index is 1.89. The fourth-order valence-electron chi connectivity index (χ4n) is 2.24. The van der Waals surface area contributed by atoms with Crippen LogP contribution in [-0.4, -0.2) is 6.04 Å². The zero-order valence-electron chi connectivity index (χ0n) is 12.3. The lowest BCUT2D eigenvalue weighted by Gasteiger charge is -2.14. The van der Waals surface area contributed by atoms with E-state index in [9.17, 15) is 0 Å². The molecule has 0 radical (unpaired) electrons. The largest absolute Gasteiger partial charge is 0.310 e. The van der Waals surface area contributed by atoms with E-state index in [1.54, 1.807) is 0 Å². The fraction of sp³-hybridized carbons (Fsp3) is 0.412. The van der Waals surface area contributed by atoms with Crippen molar-refractivity contribution in [3.05, 3.63) is 56.8 Å². The van der Waals surface area contributed by atoms with Gasteiger partial charge in [-0.25, -0.2) is 0 Å². The van der Waals surface area contributed by atoms with Crippen molar-refractivity contribution in [2.45, 2.75) is 46.7 Å². The predicted octanol–water partition coefficient (Wildman–Crippen LogP) is 4.39. The first kappa shape index (κ1) is 14.3. The Morgan fingerprint density at radius 1 is 1.11 bits per heavy atom. The minimum absolute atomic E-state index is 0.512. The van der Waals surface area contributed by atoms with Gasteiger partial charge in [0.1, 0.15) is 0 Å². The number of rotatable bonds is 5. The highest BCUT2D eigenvalue weighted by molar-refractivity contribution is 7.11. The molecule has 0 spiro atoms. The van der Waals surface area contributed by atoms with Gasteiger partial charge >= 0.3 is 0 Å². The van der Waals surface area contributed by atoms with E-state index in [1.165, 1.54) is 26.4 Å². The van der Waals surface area contributed by atoms with Gasteiger partial charge in [0.15, 0.2) is 0 Å². The molecule has 19 heavy (non-hydrogen) atoms. The molecular formula is C17H23NS. The summed E-state index contributed by atoms with van der Waals surface area (Å²) in [5.41, 5.74) is 4.12. The zero-order chi connectivity index (χ0) is 13.8. The molecule has 2 rings (SSSR count). The Morgan fingerprint density at radius 3 is 2.58 bits per heavy atom. The van der Waals surface area contributed by atoms with Gasteiger partial charge in [0.25, 0.3) is 0 Å². The highest BCUT2D eigenvalue weighted by Gasteiger charge is 2.06. The molecule has 2 heteroatoms. The SMILES string of the molecule is Cc1ccc(C)c(CNC(C)Cc2ccc(C)s2)c1. The first-order chi connectivity index (χ1) is 9.04. The van der Waals surface area contributed by atoms with Crippen molar-refractivity contribution in [2.24, 2.45) is 0 Å². The van der Waals surface area contributed by atoms with E-state index < -0.39 is 0 Å². The van der Waals surface area contributed by atoms with E-state index in [4.69, 9.17) is 0 Å². The summed E-state index contributed by atoms with van der Waals surface area (Å²) in [5, 5.41) is 3.63. The van der Waals surface area contributed by atoms with Gasteiger partial charge in [-0.2, -0.15) is 0 Å². The smallest absolute Gasteiger partial charge is 0.0210 e. The summed E-state index contributed by atoms with van der Waals surface area (Å²) in [6, 6.07) is 11.6. The van der Waals surface area contributed by atoms with Crippen LogP contribution in [0, 0.1) is 20.8 Å². The molecule has 0 bridgehead atoms. The van der Waals surface area contributed by atoms with Crippen LogP contribution in [0.15, 0.2) is 30.3 Å². The lowest BCUT2D eigenvalue weighted by molar-refractivity contribution is 0.547. The lowest BCUT2D eigenvalue weighted by Crippen LogP contribution is -2.27. The molecule has 1 heterocycles. The van der Waals surface area contributed by atoms with Crippen molar-refractivity contribution in [2.75, 3.05) is 0 Å². The molecule has 102 valence electrons. The van der Waals surface area contributed by atoms with Crippen molar-refractivity contribution in [3.63, 3.8) is 0 Å². The monoisotopic (exact) mass is 273 g/mol. The molecule has 1 nitrogen and oxygen atoms in total. The van der Waals surface area contributed by atoms with E-state index in [1.807, 2.05) is 11.3 Å². The van der Waals surface area contributed by atoms with Gasteiger partial charge in [0.05, 0.1) is 0 Å². The van der Waals surface area contributed by atoms with Gasteiger partial charge in [-0.1, -0.05) is 23.8 Å². The van der Waals surface area contributed by atoms with Crippen molar-refractivity contribution in [1.29, 1.82) is 0 Å². The van der Waals surface area contributed by atoms with E-state index in [-0.39, 0.29) is 0 Å². The third kappa shape index (κ3) is 4.19. The van der Waals surface area contributed by atoms with Crippen molar-refractivity contribution >= 4 is 11.3 Å². The second-order valence-electron chi connectivity index (χ2n) is 5.43. The lowest BCUT2D eigenvalue weighted by atomic mass is 10.1. The third-order valence-corrected chi connectivity index (χ3v) is 4.47. The third-order valence-electron chi connectivity index (χ3n) is 3.45. The van der Waals surface area contributed by atoms with Gasteiger partial charge in [-0.05, 0) is 57.4 Å². The average Bonchev–Trinajstić information content (AvgIpc) is 2.76. The maximum atomic E-state index is 3.63. The summed E-state index contributed by atoms with van der Waals surface area (Å²) in [6.07, 6.45) is 1.11. The van der Waals surface area contributed by atoms with Crippen LogP contribution in [0.5, 0.6) is 0 Å². The molecule has 0 saturated carbocycles. The molecule has 1 N–H and O–H groups in total. The molecule has 0 fully saturated rings. The van der Waals surface area contributed by atoms with Gasteiger partial charge in [0, 0.05) is 22.3 Å². The predicted molar refractivity (Wildman–Crippen MR) is 85.0 cm³/mol. The number of hydrogen-bond donors (Lipinski definition) is 1. The van der Waals surface area contributed by atoms with E-state index in [2.05, 4.69) is 63.3 Å². The summed E-state index contributed by atoms with van der Waals surface area (Å²) < 4.78 is 0. The second-order valence-corrected chi connectivity index (χ2v) is 6.80. The van der Waals surface area contributed by atoms with Crippen molar-refractivity contribution < 1.29 is 0 Å². The van der Waals surface area contributed by atoms with E-state index in [0.29, 0.717) is 6.04 Å². The minimum Gasteiger partial charge on any atom is -0.310 e. The summed E-state index contributed by atoms with van der Waals surface area (Å²) >= 11 is 1.90. The Morgan fingerprint density at radius 2 is 1.89 bits per heavy atom. The normalized spacial score (nSPS) is 12.6. The number of aryl methyl sites for hydroxylation is 3. The minimum atomic E-state index is 0.512. The van der Waals surface area contributed by atoms with Crippen LogP contribution in [0.4, 0.5) is 0 Å². The van der Waals surface area contributed by atoms with Crippen LogP contribution in [0.3, 0.4) is 0 Å². The van der Waals surface area contributed by atoms with Crippen LogP contribution >= 0.6 is 11.3 Å². The van der Waals surface area contributed by atoms with Crippen LogP contribution < -0.4 is 5.32 Å². The fourth-order valence-corrected chi connectivity index (χ4v) is 3.26. The van der Waals surface area contributed by atoms with Gasteiger partial charge < -0.3 is 5.32 Å². The highest BCUT2D eigenvalue weighted by atomic mass is 32.1. The van der Waals surface area contributed by atoms with Gasteiger partial charge in [-0.3, -0.25) is 0 Å². The molecule has 2 aromatic rings. The average molecular weight is 273 g/mol. The van der Waals surface area contributed by atoms with Gasteiger partial charge in [-0.15, -0.1) is 11.3 Å². The van der Waals surface area contributed by atoms with Crippen molar-refractivity contribution in [1.82, 2.24) is 5.32 Å². The first-order valence-corrected chi connectivity index (χ1v) is 7.71. The number of thiophene rings is 1. The van der Waals surface area contributed by atoms with Crippen LogP contribution in [-0.2, 0) is 13.0 Å². The van der Waals surface area contributed by atoms with Crippen LogP contribution in [0.25, 0.3) is 0 Å². The summed E-state index contributed by atoms with van der Waals surface area (Å²) in [7, 11) is 0. The van der Waals surface area contributed by atoms with E-state index >= 15 is 0 Å². The molecule has 0 aliphatic heterocycles. The molecule has 0 amide bonds. The number of nitrogens with one attached hydrogen (secondary N) is 1. The molecule has 0 aliphatic rings. The van der Waals surface area contributed by atoms with Crippen LogP contribution in [0.1, 0.15) is 33.4 Å². The Kier molecular flexibility index (Phi) is 4.78. The molecule has 1 atom stereocenters. The molecular weight excluding hydrogens is 250 g/mol. The Bertz CT molecular complexity index is 542. The van der Waals surface area contributed by atoms with Crippen molar-refractivity contribution in [3.8, 4) is 0 Å². The summed E-state index contributed by atoms with van der Waals surface area (Å²) in [6.45, 7) is 9.73. The molecule has 1 aromatic carbocycles. The molecule has 1 aromatic heterocycles. The maximum Gasteiger partial charge on any atom is 0.0210 e. The summed E-state index contributed by atoms with van der Waals surface area (Å²) in [4.78, 5) is 2.87. The zero-order valence-corrected chi connectivity index (χ0v) is 13.1. The Hall–Kier alpha value is -1.12. The van der Waals surface area contributed by atoms with Crippen LogP contribution in [0.2, 0.25) is 0 Å². The molecule has 1 unspecified atom stereocenters.